The summed E-state index contributed by atoms with van der Waals surface area (Å²) in [7, 11) is 0. The predicted octanol–water partition coefficient (Wildman–Crippen LogP) is 4.04. The molecule has 0 unspecified atom stereocenters. The molecule has 166 valence electrons. The van der Waals surface area contributed by atoms with Crippen LogP contribution in [0.1, 0.15) is 47.2 Å². The van der Waals surface area contributed by atoms with Crippen molar-refractivity contribution >= 4 is 28.5 Å². The van der Waals surface area contributed by atoms with Crippen LogP contribution in [0.15, 0.2) is 30.3 Å². The van der Waals surface area contributed by atoms with Gasteiger partial charge in [-0.1, -0.05) is 18.9 Å². The van der Waals surface area contributed by atoms with Gasteiger partial charge in [0.1, 0.15) is 11.4 Å². The summed E-state index contributed by atoms with van der Waals surface area (Å²) in [5.74, 6) is -3.70. The molecule has 4 nitrogen and oxygen atoms in total. The molecule has 0 spiro atoms. The van der Waals surface area contributed by atoms with Gasteiger partial charge in [0.15, 0.2) is 11.6 Å². The average Bonchev–Trinajstić information content (AvgIpc) is 2.71. The molecule has 2 atom stereocenters. The zero-order chi connectivity index (χ0) is 22.3. The Morgan fingerprint density at radius 2 is 1.81 bits per heavy atom. The minimum Gasteiger partial charge on any atom is -0.393 e. The maximum atomic E-state index is 14.6. The molecule has 31 heavy (non-hydrogen) atoms. The highest BCUT2D eigenvalue weighted by molar-refractivity contribution is 14.1. The third-order valence-corrected chi connectivity index (χ3v) is 7.12. The summed E-state index contributed by atoms with van der Waals surface area (Å²) in [6.07, 6.45) is 2.24. The highest BCUT2D eigenvalue weighted by Crippen LogP contribution is 2.39. The monoisotopic (exact) mass is 545 g/mol. The molecule has 2 N–H and O–H groups in total. The second-order valence-corrected chi connectivity index (χ2v) is 9.77. The Bertz CT molecular complexity index is 1010. The first kappa shape index (κ1) is 22.5. The number of likely N-dealkylation sites (tertiary alicyclic amines) is 1. The number of carbonyl (C=O) groups is 1. The van der Waals surface area contributed by atoms with E-state index in [0.29, 0.717) is 16.4 Å². The zero-order valence-electron chi connectivity index (χ0n) is 16.8. The highest BCUT2D eigenvalue weighted by Gasteiger charge is 2.52. The summed E-state index contributed by atoms with van der Waals surface area (Å²) in [6, 6.07) is 6.52. The van der Waals surface area contributed by atoms with Crippen molar-refractivity contribution in [3.05, 3.63) is 68.0 Å². The third kappa shape index (κ3) is 4.34. The lowest BCUT2D eigenvalue weighted by Gasteiger charge is -2.52. The summed E-state index contributed by atoms with van der Waals surface area (Å²) in [5.41, 5.74) is -1.29. The van der Waals surface area contributed by atoms with Crippen molar-refractivity contribution in [3.63, 3.8) is 0 Å². The number of aliphatic hydroxyl groups excluding tert-OH is 1. The molecule has 2 aromatic carbocycles. The first-order chi connectivity index (χ1) is 14.7. The Morgan fingerprint density at radius 1 is 1.10 bits per heavy atom. The summed E-state index contributed by atoms with van der Waals surface area (Å²) in [6.45, 7) is 0.0355. The van der Waals surface area contributed by atoms with Crippen LogP contribution >= 0.6 is 22.6 Å². The number of β-amino-alcohol motifs (C(OH)–C–C–N with tert-alkyl or cyclic N) is 1. The fourth-order valence-corrected chi connectivity index (χ4v) is 5.18. The molecule has 1 aliphatic heterocycles. The molecule has 8 heteroatoms. The van der Waals surface area contributed by atoms with E-state index in [1.54, 1.807) is 6.07 Å². The van der Waals surface area contributed by atoms with Crippen molar-refractivity contribution < 1.29 is 28.2 Å². The number of amides is 1. The molecule has 1 saturated carbocycles. The van der Waals surface area contributed by atoms with Crippen LogP contribution < -0.4 is 0 Å². The fourth-order valence-electron chi connectivity index (χ4n) is 4.72. The van der Waals surface area contributed by atoms with Gasteiger partial charge in [-0.05, 0) is 65.3 Å². The van der Waals surface area contributed by atoms with E-state index in [0.717, 1.165) is 18.9 Å². The van der Waals surface area contributed by atoms with Crippen molar-refractivity contribution in [1.82, 2.24) is 4.90 Å². The van der Waals surface area contributed by atoms with Crippen LogP contribution in [0.5, 0.6) is 0 Å². The van der Waals surface area contributed by atoms with Crippen molar-refractivity contribution in [1.29, 1.82) is 0 Å². The molecular weight excluding hydrogens is 522 g/mol. The smallest absolute Gasteiger partial charge is 0.254 e. The van der Waals surface area contributed by atoms with Gasteiger partial charge in [-0.2, -0.15) is 0 Å². The van der Waals surface area contributed by atoms with E-state index in [9.17, 15) is 28.2 Å². The molecule has 0 radical (unpaired) electrons. The Hall–Kier alpha value is -1.65. The maximum Gasteiger partial charge on any atom is 0.254 e. The first-order valence-electron chi connectivity index (χ1n) is 10.3. The van der Waals surface area contributed by atoms with Gasteiger partial charge < -0.3 is 15.1 Å². The molecule has 1 aliphatic carbocycles. The molecule has 2 aromatic rings. The zero-order valence-corrected chi connectivity index (χ0v) is 18.9. The fraction of sp³-hybridized carbons (Fsp3) is 0.435. The normalized spacial score (nSPS) is 22.8. The molecule has 1 heterocycles. The topological polar surface area (TPSA) is 60.8 Å². The van der Waals surface area contributed by atoms with Crippen LogP contribution in [0, 0.1) is 26.9 Å². The number of rotatable bonds is 4. The van der Waals surface area contributed by atoms with Crippen molar-refractivity contribution in [3.8, 4) is 0 Å². The molecule has 0 bridgehead atoms. The number of halogens is 4. The summed E-state index contributed by atoms with van der Waals surface area (Å²) in [4.78, 5) is 14.4. The number of hydrogen-bond acceptors (Lipinski definition) is 3. The minimum atomic E-state index is -1.18. The van der Waals surface area contributed by atoms with Gasteiger partial charge in [-0.3, -0.25) is 4.79 Å². The number of benzene rings is 2. The van der Waals surface area contributed by atoms with Crippen LogP contribution in [0.2, 0.25) is 0 Å². The highest BCUT2D eigenvalue weighted by atomic mass is 127. The lowest BCUT2D eigenvalue weighted by atomic mass is 9.71. The van der Waals surface area contributed by atoms with Gasteiger partial charge in [-0.25, -0.2) is 13.2 Å². The van der Waals surface area contributed by atoms with E-state index >= 15 is 0 Å². The largest absolute Gasteiger partial charge is 0.393 e. The van der Waals surface area contributed by atoms with Gasteiger partial charge in [0.05, 0.1) is 19.2 Å². The van der Waals surface area contributed by atoms with Crippen LogP contribution in [0.3, 0.4) is 0 Å². The average molecular weight is 545 g/mol. The Morgan fingerprint density at radius 3 is 2.48 bits per heavy atom. The van der Waals surface area contributed by atoms with Crippen LogP contribution in [-0.2, 0) is 6.42 Å². The van der Waals surface area contributed by atoms with Gasteiger partial charge in [0.2, 0.25) is 0 Å². The summed E-state index contributed by atoms with van der Waals surface area (Å²) < 4.78 is 43.6. The lowest BCUT2D eigenvalue weighted by Crippen LogP contribution is -2.68. The van der Waals surface area contributed by atoms with Gasteiger partial charge in [-0.15, -0.1) is 0 Å². The van der Waals surface area contributed by atoms with E-state index in [4.69, 9.17) is 0 Å². The first-order valence-corrected chi connectivity index (χ1v) is 11.4. The number of hydrogen-bond donors (Lipinski definition) is 2. The Kier molecular flexibility index (Phi) is 6.33. The lowest BCUT2D eigenvalue weighted by molar-refractivity contribution is -0.156. The third-order valence-electron chi connectivity index (χ3n) is 6.45. The standard InChI is InChI=1S/C23H23F3INO3/c24-18-8-7-15(16(21(18)26)9-13-5-6-14(27)10-19(13)25)22(30)28-11-23(31,12-28)17-3-1-2-4-20(17)29/h5-8,10,17,20,29,31H,1-4,9,11-12H2/t17-,20+/m1/s1. The number of carbonyl (C=O) groups excluding carboxylic acids is 1. The van der Waals surface area contributed by atoms with Crippen molar-refractivity contribution in [2.75, 3.05) is 13.1 Å². The quantitative estimate of drug-likeness (QED) is 0.571. The number of nitrogens with zero attached hydrogens (tertiary/aromatic N) is 1. The summed E-state index contributed by atoms with van der Waals surface area (Å²) >= 11 is 1.95. The van der Waals surface area contributed by atoms with E-state index in [1.165, 1.54) is 23.1 Å². The molecule has 2 aliphatic rings. The predicted molar refractivity (Wildman–Crippen MR) is 117 cm³/mol. The summed E-state index contributed by atoms with van der Waals surface area (Å²) in [5, 5.41) is 21.1. The second kappa shape index (κ2) is 8.71. The molecule has 1 amide bonds. The van der Waals surface area contributed by atoms with E-state index < -0.39 is 35.1 Å². The van der Waals surface area contributed by atoms with Crippen molar-refractivity contribution in [2.45, 2.75) is 43.8 Å². The number of aliphatic hydroxyl groups is 2. The van der Waals surface area contributed by atoms with Gasteiger partial charge >= 0.3 is 0 Å². The SMILES string of the molecule is O=C(c1ccc(F)c(F)c1Cc1ccc(I)cc1F)N1CC(O)([C@@H]2CCCC[C@@H]2O)C1. The molecule has 2 fully saturated rings. The minimum absolute atomic E-state index is 0.0177. The Labute approximate surface area is 192 Å². The molecular formula is C23H23F3INO3. The molecule has 1 saturated heterocycles. The van der Waals surface area contributed by atoms with Crippen molar-refractivity contribution in [2.24, 2.45) is 5.92 Å². The van der Waals surface area contributed by atoms with Crippen LogP contribution in [0.4, 0.5) is 13.2 Å². The van der Waals surface area contributed by atoms with Gasteiger partial charge in [0, 0.05) is 27.0 Å². The van der Waals surface area contributed by atoms with E-state index in [2.05, 4.69) is 0 Å². The Balaban J connectivity index is 1.57. The van der Waals surface area contributed by atoms with Crippen LogP contribution in [0.25, 0.3) is 0 Å². The van der Waals surface area contributed by atoms with Gasteiger partial charge in [0.25, 0.3) is 5.91 Å². The van der Waals surface area contributed by atoms with E-state index in [1.807, 2.05) is 22.6 Å². The second-order valence-electron chi connectivity index (χ2n) is 8.52. The van der Waals surface area contributed by atoms with Crippen LogP contribution in [-0.4, -0.2) is 45.8 Å². The maximum absolute atomic E-state index is 14.6. The molecule has 4 rings (SSSR count). The van der Waals surface area contributed by atoms with E-state index in [-0.39, 0.29) is 42.1 Å². The molecule has 0 aromatic heterocycles.